The molecule has 0 unspecified atom stereocenters. The largest absolute Gasteiger partial charge is 0.497 e. The summed E-state index contributed by atoms with van der Waals surface area (Å²) in [5, 5.41) is 0. The topological polar surface area (TPSA) is 75.0 Å². The van der Waals surface area contributed by atoms with Crippen LogP contribution in [0.5, 0.6) is 11.5 Å². The van der Waals surface area contributed by atoms with Crippen molar-refractivity contribution in [3.63, 3.8) is 0 Å². The van der Waals surface area contributed by atoms with E-state index in [0.717, 1.165) is 0 Å². The monoisotopic (exact) mass is 290 g/mol. The number of hydrogen-bond acceptors (Lipinski definition) is 6. The van der Waals surface area contributed by atoms with Crippen molar-refractivity contribution < 1.29 is 28.2 Å². The highest BCUT2D eigenvalue weighted by Crippen LogP contribution is 2.25. The lowest BCUT2D eigenvalue weighted by Gasteiger charge is -2.09. The number of esters is 1. The lowest BCUT2D eigenvalue weighted by Crippen LogP contribution is -2.14. The third-order valence-corrected chi connectivity index (χ3v) is 2.80. The number of Topliss-reactive ketones (excluding diaryl/α,β-unsaturated/α-hetero) is 1. The second-order valence-electron chi connectivity index (χ2n) is 4.08. The fraction of sp³-hybridized carbons (Fsp3) is 0.200. The second-order valence-corrected chi connectivity index (χ2v) is 4.08. The summed E-state index contributed by atoms with van der Waals surface area (Å²) in [7, 11) is 2.96. The molecule has 0 bridgehead atoms. The Kier molecular flexibility index (Phi) is 4.61. The molecule has 1 heterocycles. The second kappa shape index (κ2) is 6.60. The first-order valence-corrected chi connectivity index (χ1v) is 6.10. The molecule has 6 nitrogen and oxygen atoms in total. The maximum Gasteiger partial charge on any atom is 0.341 e. The molecule has 2 aromatic rings. The van der Waals surface area contributed by atoms with Crippen LogP contribution in [0.3, 0.4) is 0 Å². The molecule has 0 saturated heterocycles. The zero-order valence-corrected chi connectivity index (χ0v) is 11.6. The van der Waals surface area contributed by atoms with E-state index in [4.69, 9.17) is 18.6 Å². The molecule has 1 aromatic carbocycles. The van der Waals surface area contributed by atoms with Crippen LogP contribution in [0.1, 0.15) is 20.7 Å². The Morgan fingerprint density at radius 3 is 2.57 bits per heavy atom. The van der Waals surface area contributed by atoms with Crippen LogP contribution in [-0.2, 0) is 4.74 Å². The molecule has 0 amide bonds. The zero-order chi connectivity index (χ0) is 15.2. The van der Waals surface area contributed by atoms with Crippen LogP contribution in [0.15, 0.2) is 41.2 Å². The van der Waals surface area contributed by atoms with Crippen molar-refractivity contribution in [2.24, 2.45) is 0 Å². The van der Waals surface area contributed by atoms with E-state index in [0.29, 0.717) is 17.1 Å². The van der Waals surface area contributed by atoms with Gasteiger partial charge in [0.1, 0.15) is 17.8 Å². The summed E-state index contributed by atoms with van der Waals surface area (Å²) in [5.74, 6) is -0.0616. The smallest absolute Gasteiger partial charge is 0.341 e. The molecule has 110 valence electrons. The van der Waals surface area contributed by atoms with Crippen LogP contribution in [0.25, 0.3) is 0 Å². The number of carbonyl (C=O) groups is 2. The highest BCUT2D eigenvalue weighted by Gasteiger charge is 2.16. The van der Waals surface area contributed by atoms with Crippen molar-refractivity contribution in [2.45, 2.75) is 0 Å². The fourth-order valence-corrected chi connectivity index (χ4v) is 1.70. The van der Waals surface area contributed by atoms with Gasteiger partial charge in [0.05, 0.1) is 31.6 Å². The predicted octanol–water partition coefficient (Wildman–Crippen LogP) is 2.34. The van der Waals surface area contributed by atoms with E-state index >= 15 is 0 Å². The minimum Gasteiger partial charge on any atom is -0.497 e. The number of hydrogen-bond donors (Lipinski definition) is 0. The summed E-state index contributed by atoms with van der Waals surface area (Å²) >= 11 is 0. The molecule has 2 rings (SSSR count). The van der Waals surface area contributed by atoms with Crippen LogP contribution < -0.4 is 9.47 Å². The first kappa shape index (κ1) is 14.6. The predicted molar refractivity (Wildman–Crippen MR) is 72.9 cm³/mol. The zero-order valence-electron chi connectivity index (χ0n) is 11.6. The van der Waals surface area contributed by atoms with Crippen LogP contribution in [0, 0.1) is 0 Å². The number of furan rings is 1. The normalized spacial score (nSPS) is 10.0. The average molecular weight is 290 g/mol. The molecular formula is C15H14O6. The fourth-order valence-electron chi connectivity index (χ4n) is 1.70. The van der Waals surface area contributed by atoms with Crippen molar-refractivity contribution in [2.75, 3.05) is 20.8 Å². The van der Waals surface area contributed by atoms with Gasteiger partial charge in [-0.3, -0.25) is 4.79 Å². The van der Waals surface area contributed by atoms with Gasteiger partial charge in [-0.1, -0.05) is 0 Å². The lowest BCUT2D eigenvalue weighted by molar-refractivity contribution is 0.0473. The van der Waals surface area contributed by atoms with Crippen LogP contribution in [-0.4, -0.2) is 32.6 Å². The SMILES string of the molecule is COc1ccc(C(=O)COC(=O)c2ccoc2)c(OC)c1. The summed E-state index contributed by atoms with van der Waals surface area (Å²) in [6.07, 6.45) is 2.60. The van der Waals surface area contributed by atoms with E-state index in [1.807, 2.05) is 0 Å². The van der Waals surface area contributed by atoms with Gasteiger partial charge in [-0.25, -0.2) is 4.79 Å². The third-order valence-electron chi connectivity index (χ3n) is 2.80. The highest BCUT2D eigenvalue weighted by atomic mass is 16.5. The first-order chi connectivity index (χ1) is 10.2. The quantitative estimate of drug-likeness (QED) is 0.600. The summed E-state index contributed by atoms with van der Waals surface area (Å²) in [4.78, 5) is 23.7. The maximum absolute atomic E-state index is 12.1. The van der Waals surface area contributed by atoms with Gasteiger partial charge in [0.15, 0.2) is 6.61 Å². The standard InChI is InChI=1S/C15H14O6/c1-18-11-3-4-12(14(7-11)19-2)13(16)9-21-15(17)10-5-6-20-8-10/h3-8H,9H2,1-2H3. The van der Waals surface area contributed by atoms with Gasteiger partial charge in [0, 0.05) is 6.07 Å². The van der Waals surface area contributed by atoms with Crippen molar-refractivity contribution in [3.8, 4) is 11.5 Å². The van der Waals surface area contributed by atoms with Crippen molar-refractivity contribution in [1.29, 1.82) is 0 Å². The van der Waals surface area contributed by atoms with E-state index in [1.54, 1.807) is 18.2 Å². The van der Waals surface area contributed by atoms with Gasteiger partial charge < -0.3 is 18.6 Å². The number of benzene rings is 1. The molecule has 0 N–H and O–H groups in total. The van der Waals surface area contributed by atoms with Crippen molar-refractivity contribution in [1.82, 2.24) is 0 Å². The molecule has 0 radical (unpaired) electrons. The Bertz CT molecular complexity index is 630. The Morgan fingerprint density at radius 1 is 1.14 bits per heavy atom. The summed E-state index contributed by atoms with van der Waals surface area (Å²) in [5.41, 5.74) is 0.572. The Morgan fingerprint density at radius 2 is 1.95 bits per heavy atom. The van der Waals surface area contributed by atoms with Gasteiger partial charge >= 0.3 is 5.97 Å². The number of rotatable bonds is 6. The minimum atomic E-state index is -0.621. The number of methoxy groups -OCH3 is 2. The minimum absolute atomic E-state index is 0.254. The Labute approximate surface area is 121 Å². The highest BCUT2D eigenvalue weighted by molar-refractivity contribution is 6.01. The molecule has 21 heavy (non-hydrogen) atoms. The third kappa shape index (κ3) is 3.42. The molecule has 0 aliphatic rings. The van der Waals surface area contributed by atoms with E-state index in [-0.39, 0.29) is 18.0 Å². The molecule has 0 atom stereocenters. The Balaban J connectivity index is 2.05. The summed E-state index contributed by atoms with van der Waals surface area (Å²) < 4.78 is 19.9. The number of ketones is 1. The molecule has 0 fully saturated rings. The van der Waals surface area contributed by atoms with Gasteiger partial charge in [-0.05, 0) is 18.2 Å². The lowest BCUT2D eigenvalue weighted by atomic mass is 10.1. The molecule has 6 heteroatoms. The van der Waals surface area contributed by atoms with Crippen LogP contribution in [0.2, 0.25) is 0 Å². The van der Waals surface area contributed by atoms with Gasteiger partial charge in [-0.2, -0.15) is 0 Å². The van der Waals surface area contributed by atoms with Crippen LogP contribution >= 0.6 is 0 Å². The molecule has 0 spiro atoms. The van der Waals surface area contributed by atoms with E-state index in [9.17, 15) is 9.59 Å². The van der Waals surface area contributed by atoms with Gasteiger partial charge in [0.25, 0.3) is 0 Å². The molecule has 0 aliphatic heterocycles. The van der Waals surface area contributed by atoms with Gasteiger partial charge in [0.2, 0.25) is 5.78 Å². The maximum atomic E-state index is 12.1. The van der Waals surface area contributed by atoms with Crippen molar-refractivity contribution in [3.05, 3.63) is 47.9 Å². The molecular weight excluding hydrogens is 276 g/mol. The van der Waals surface area contributed by atoms with Crippen LogP contribution in [0.4, 0.5) is 0 Å². The van der Waals surface area contributed by atoms with Gasteiger partial charge in [-0.15, -0.1) is 0 Å². The summed E-state index contributed by atoms with van der Waals surface area (Å²) in [6.45, 7) is -0.382. The molecule has 1 aromatic heterocycles. The van der Waals surface area contributed by atoms with E-state index in [2.05, 4.69) is 0 Å². The average Bonchev–Trinajstić information content (AvgIpc) is 3.06. The number of carbonyl (C=O) groups excluding carboxylic acids is 2. The summed E-state index contributed by atoms with van der Waals surface area (Å²) in [6, 6.07) is 6.24. The van der Waals surface area contributed by atoms with E-state index in [1.165, 1.54) is 32.8 Å². The van der Waals surface area contributed by atoms with E-state index < -0.39 is 5.97 Å². The number of ether oxygens (including phenoxy) is 3. The molecule has 0 saturated carbocycles. The Hall–Kier alpha value is -2.76. The first-order valence-electron chi connectivity index (χ1n) is 6.10. The molecule has 0 aliphatic carbocycles. The van der Waals surface area contributed by atoms with Crippen molar-refractivity contribution >= 4 is 11.8 Å².